The van der Waals surface area contributed by atoms with Crippen molar-refractivity contribution in [3.63, 3.8) is 0 Å². The first kappa shape index (κ1) is 16.0. The van der Waals surface area contributed by atoms with Gasteiger partial charge in [-0.15, -0.1) is 0 Å². The van der Waals surface area contributed by atoms with E-state index < -0.39 is 0 Å². The Labute approximate surface area is 131 Å². The summed E-state index contributed by atoms with van der Waals surface area (Å²) in [5.74, 6) is 0.823. The first-order valence-electron chi connectivity index (χ1n) is 7.46. The Kier molecular flexibility index (Phi) is 5.98. The van der Waals surface area contributed by atoms with Crippen molar-refractivity contribution in [3.05, 3.63) is 59.7 Å². The zero-order valence-corrected chi connectivity index (χ0v) is 12.8. The molecule has 0 bridgehead atoms. The second-order valence-electron chi connectivity index (χ2n) is 5.22. The maximum atomic E-state index is 11.9. The van der Waals surface area contributed by atoms with Crippen LogP contribution in [0.25, 0.3) is 0 Å². The van der Waals surface area contributed by atoms with Crippen molar-refractivity contribution < 1.29 is 9.53 Å². The molecule has 1 amide bonds. The standard InChI is InChI=1S/C18H22N2O2/c1-14-7-9-17(10-8-14)22-11-3-6-18(21)20-16-5-2-4-15(12-16)13-19/h2,4-5,7-10,12H,3,6,11,13,19H2,1H3,(H,20,21). The fourth-order valence-electron chi connectivity index (χ4n) is 2.06. The van der Waals surface area contributed by atoms with Crippen LogP contribution in [0.15, 0.2) is 48.5 Å². The first-order valence-corrected chi connectivity index (χ1v) is 7.46. The summed E-state index contributed by atoms with van der Waals surface area (Å²) in [7, 11) is 0. The number of ether oxygens (including phenoxy) is 1. The van der Waals surface area contributed by atoms with Gasteiger partial charge in [0.05, 0.1) is 6.61 Å². The van der Waals surface area contributed by atoms with Gasteiger partial charge in [-0.2, -0.15) is 0 Å². The van der Waals surface area contributed by atoms with Gasteiger partial charge in [0.15, 0.2) is 0 Å². The van der Waals surface area contributed by atoms with Crippen molar-refractivity contribution in [3.8, 4) is 5.75 Å². The minimum absolute atomic E-state index is 0.0123. The smallest absolute Gasteiger partial charge is 0.224 e. The molecule has 2 aromatic carbocycles. The Morgan fingerprint density at radius 2 is 1.95 bits per heavy atom. The largest absolute Gasteiger partial charge is 0.494 e. The Hall–Kier alpha value is -2.33. The van der Waals surface area contributed by atoms with Gasteiger partial charge < -0.3 is 15.8 Å². The fourth-order valence-corrected chi connectivity index (χ4v) is 2.06. The third-order valence-corrected chi connectivity index (χ3v) is 3.28. The number of nitrogens with one attached hydrogen (secondary N) is 1. The Balaban J connectivity index is 1.70. The zero-order valence-electron chi connectivity index (χ0n) is 12.8. The van der Waals surface area contributed by atoms with Gasteiger partial charge in [-0.1, -0.05) is 29.8 Å². The highest BCUT2D eigenvalue weighted by Gasteiger charge is 2.03. The van der Waals surface area contributed by atoms with Crippen molar-refractivity contribution in [1.29, 1.82) is 0 Å². The summed E-state index contributed by atoms with van der Waals surface area (Å²) in [6, 6.07) is 15.5. The van der Waals surface area contributed by atoms with Crippen LogP contribution in [-0.4, -0.2) is 12.5 Å². The van der Waals surface area contributed by atoms with E-state index in [0.717, 1.165) is 17.0 Å². The molecule has 4 heteroatoms. The van der Waals surface area contributed by atoms with Crippen molar-refractivity contribution in [1.82, 2.24) is 0 Å². The van der Waals surface area contributed by atoms with Crippen LogP contribution in [0, 0.1) is 6.92 Å². The van der Waals surface area contributed by atoms with Crippen molar-refractivity contribution in [2.45, 2.75) is 26.3 Å². The third kappa shape index (κ3) is 5.22. The minimum Gasteiger partial charge on any atom is -0.494 e. The molecule has 116 valence electrons. The van der Waals surface area contributed by atoms with Gasteiger partial charge in [0.25, 0.3) is 0 Å². The SMILES string of the molecule is Cc1ccc(OCCCC(=O)Nc2cccc(CN)c2)cc1. The van der Waals surface area contributed by atoms with Gasteiger partial charge in [0.1, 0.15) is 5.75 Å². The monoisotopic (exact) mass is 298 g/mol. The summed E-state index contributed by atoms with van der Waals surface area (Å²) < 4.78 is 5.60. The minimum atomic E-state index is -0.0123. The molecule has 0 atom stereocenters. The number of amides is 1. The first-order chi connectivity index (χ1) is 10.7. The number of hydrogen-bond acceptors (Lipinski definition) is 3. The van der Waals surface area contributed by atoms with Gasteiger partial charge in [-0.3, -0.25) is 4.79 Å². The lowest BCUT2D eigenvalue weighted by atomic mass is 10.2. The molecule has 0 aliphatic rings. The predicted octanol–water partition coefficient (Wildman–Crippen LogP) is 3.25. The number of rotatable bonds is 7. The van der Waals surface area contributed by atoms with E-state index in [1.165, 1.54) is 5.56 Å². The lowest BCUT2D eigenvalue weighted by Crippen LogP contribution is -2.13. The number of carbonyl (C=O) groups excluding carboxylic acids is 1. The average Bonchev–Trinajstić information content (AvgIpc) is 2.53. The number of anilines is 1. The summed E-state index contributed by atoms with van der Waals surface area (Å²) in [5.41, 5.74) is 8.57. The van der Waals surface area contributed by atoms with E-state index in [1.54, 1.807) is 0 Å². The highest BCUT2D eigenvalue weighted by atomic mass is 16.5. The number of hydrogen-bond donors (Lipinski definition) is 2. The summed E-state index contributed by atoms with van der Waals surface area (Å²) in [5, 5.41) is 2.87. The van der Waals surface area contributed by atoms with Crippen LogP contribution in [0.1, 0.15) is 24.0 Å². The molecule has 0 saturated heterocycles. The fraction of sp³-hybridized carbons (Fsp3) is 0.278. The molecule has 0 spiro atoms. The molecule has 0 fully saturated rings. The highest BCUT2D eigenvalue weighted by molar-refractivity contribution is 5.90. The van der Waals surface area contributed by atoms with Gasteiger partial charge >= 0.3 is 0 Å². The molecule has 0 radical (unpaired) electrons. The van der Waals surface area contributed by atoms with E-state index in [9.17, 15) is 4.79 Å². The molecular weight excluding hydrogens is 276 g/mol. The van der Waals surface area contributed by atoms with Crippen LogP contribution in [-0.2, 0) is 11.3 Å². The summed E-state index contributed by atoms with van der Waals surface area (Å²) in [4.78, 5) is 11.9. The van der Waals surface area contributed by atoms with Gasteiger partial charge in [-0.25, -0.2) is 0 Å². The maximum Gasteiger partial charge on any atom is 0.224 e. The number of aryl methyl sites for hydroxylation is 1. The van der Waals surface area contributed by atoms with Crippen LogP contribution >= 0.6 is 0 Å². The second kappa shape index (κ2) is 8.20. The van der Waals surface area contributed by atoms with Gasteiger partial charge in [0, 0.05) is 18.7 Å². The van der Waals surface area contributed by atoms with E-state index in [2.05, 4.69) is 5.32 Å². The van der Waals surface area contributed by atoms with Crippen molar-refractivity contribution in [2.24, 2.45) is 5.73 Å². The van der Waals surface area contributed by atoms with Crippen molar-refractivity contribution in [2.75, 3.05) is 11.9 Å². The average molecular weight is 298 g/mol. The van der Waals surface area contributed by atoms with Gasteiger partial charge in [-0.05, 0) is 43.2 Å². The number of carbonyl (C=O) groups is 1. The number of benzene rings is 2. The maximum absolute atomic E-state index is 11.9. The zero-order chi connectivity index (χ0) is 15.8. The van der Waals surface area contributed by atoms with Crippen LogP contribution in [0.5, 0.6) is 5.75 Å². The molecule has 0 heterocycles. The summed E-state index contributed by atoms with van der Waals surface area (Å²) in [6.07, 6.45) is 1.11. The topological polar surface area (TPSA) is 64.3 Å². The molecule has 0 aliphatic carbocycles. The molecule has 2 aromatic rings. The molecular formula is C18H22N2O2. The molecule has 0 saturated carbocycles. The quantitative estimate of drug-likeness (QED) is 0.771. The Morgan fingerprint density at radius 1 is 1.18 bits per heavy atom. The van der Waals surface area contributed by atoms with Crippen LogP contribution in [0.4, 0.5) is 5.69 Å². The molecule has 3 N–H and O–H groups in total. The van der Waals surface area contributed by atoms with Crippen LogP contribution in [0.2, 0.25) is 0 Å². The summed E-state index contributed by atoms with van der Waals surface area (Å²) in [6.45, 7) is 3.03. The predicted molar refractivity (Wildman–Crippen MR) is 88.9 cm³/mol. The normalized spacial score (nSPS) is 10.3. The third-order valence-electron chi connectivity index (χ3n) is 3.28. The van der Waals surface area contributed by atoms with E-state index in [4.69, 9.17) is 10.5 Å². The lowest BCUT2D eigenvalue weighted by molar-refractivity contribution is -0.116. The van der Waals surface area contributed by atoms with E-state index in [1.807, 2.05) is 55.5 Å². The molecule has 4 nitrogen and oxygen atoms in total. The molecule has 0 aliphatic heterocycles. The van der Waals surface area contributed by atoms with E-state index in [0.29, 0.717) is 26.0 Å². The lowest BCUT2D eigenvalue weighted by Gasteiger charge is -2.08. The Bertz CT molecular complexity index is 609. The molecule has 0 unspecified atom stereocenters. The number of nitrogens with two attached hydrogens (primary N) is 1. The van der Waals surface area contributed by atoms with Crippen LogP contribution in [0.3, 0.4) is 0 Å². The van der Waals surface area contributed by atoms with Crippen molar-refractivity contribution >= 4 is 11.6 Å². The summed E-state index contributed by atoms with van der Waals surface area (Å²) >= 11 is 0. The van der Waals surface area contributed by atoms with E-state index >= 15 is 0 Å². The van der Waals surface area contributed by atoms with E-state index in [-0.39, 0.29) is 5.91 Å². The highest BCUT2D eigenvalue weighted by Crippen LogP contribution is 2.13. The Morgan fingerprint density at radius 3 is 2.68 bits per heavy atom. The van der Waals surface area contributed by atoms with Crippen LogP contribution < -0.4 is 15.8 Å². The van der Waals surface area contributed by atoms with Gasteiger partial charge in [0.2, 0.25) is 5.91 Å². The molecule has 2 rings (SSSR count). The second-order valence-corrected chi connectivity index (χ2v) is 5.22. The molecule has 0 aromatic heterocycles. The molecule has 22 heavy (non-hydrogen) atoms.